The third-order valence-corrected chi connectivity index (χ3v) is 16.7. The molecular formula is C60H85N7O10P2. The summed E-state index contributed by atoms with van der Waals surface area (Å²) in [6.45, 7) is 29.3. The fourth-order valence-electron chi connectivity index (χ4n) is 8.98. The van der Waals surface area contributed by atoms with Gasteiger partial charge in [0.2, 0.25) is 14.7 Å². The summed E-state index contributed by atoms with van der Waals surface area (Å²) < 4.78 is 62.1. The Morgan fingerprint density at radius 2 is 0.937 bits per heavy atom. The highest BCUT2D eigenvalue weighted by molar-refractivity contribution is 7.66. The first-order valence-corrected chi connectivity index (χ1v) is 32.2. The van der Waals surface area contributed by atoms with Gasteiger partial charge in [0.25, 0.3) is 0 Å². The van der Waals surface area contributed by atoms with E-state index >= 15 is 0 Å². The number of rotatable bonds is 28. The largest absolute Gasteiger partial charge is 0.491 e. The monoisotopic (exact) mass is 1130 g/mol. The Bertz CT molecular complexity index is 2650. The predicted octanol–water partition coefficient (Wildman–Crippen LogP) is 8.46. The van der Waals surface area contributed by atoms with Gasteiger partial charge in [-0.2, -0.15) is 0 Å². The number of hydrogen-bond acceptors (Lipinski definition) is 17. The zero-order valence-electron chi connectivity index (χ0n) is 48.5. The van der Waals surface area contributed by atoms with Crippen LogP contribution in [-0.4, -0.2) is 150 Å². The van der Waals surface area contributed by atoms with E-state index in [0.717, 1.165) is 97.7 Å². The minimum atomic E-state index is -3.28. The maximum atomic E-state index is 14.0. The van der Waals surface area contributed by atoms with Crippen LogP contribution < -0.4 is 35.5 Å². The van der Waals surface area contributed by atoms with E-state index in [0.29, 0.717) is 100 Å². The highest BCUT2D eigenvalue weighted by Gasteiger charge is 2.25. The van der Waals surface area contributed by atoms with Crippen molar-refractivity contribution < 1.29 is 46.7 Å². The van der Waals surface area contributed by atoms with Gasteiger partial charge in [-0.3, -0.25) is 28.5 Å². The molecule has 1 aliphatic heterocycles. The van der Waals surface area contributed by atoms with Crippen molar-refractivity contribution in [3.63, 3.8) is 0 Å². The number of carbonyl (C=O) groups excluding carboxylic acids is 2. The van der Waals surface area contributed by atoms with Gasteiger partial charge in [0, 0.05) is 127 Å². The molecule has 0 aliphatic carbocycles. The van der Waals surface area contributed by atoms with Crippen LogP contribution in [0.4, 0.5) is 11.4 Å². The van der Waals surface area contributed by atoms with Crippen LogP contribution in [0.5, 0.6) is 11.5 Å². The Labute approximate surface area is 470 Å². The number of ether oxygens (including phenoxy) is 4. The van der Waals surface area contributed by atoms with Gasteiger partial charge in [-0.15, -0.1) is 0 Å². The Morgan fingerprint density at radius 3 is 1.30 bits per heavy atom. The van der Waals surface area contributed by atoms with Crippen LogP contribution in [0.2, 0.25) is 0 Å². The molecule has 1 N–H and O–H groups in total. The van der Waals surface area contributed by atoms with Crippen molar-refractivity contribution in [2.75, 3.05) is 128 Å². The van der Waals surface area contributed by atoms with Gasteiger partial charge in [0.1, 0.15) is 22.4 Å². The molecule has 0 spiro atoms. The van der Waals surface area contributed by atoms with E-state index in [1.54, 1.807) is 39.3 Å². The van der Waals surface area contributed by atoms with Crippen LogP contribution in [-0.2, 0) is 50.3 Å². The van der Waals surface area contributed by atoms with Crippen molar-refractivity contribution >= 4 is 48.9 Å². The molecule has 1 saturated heterocycles. The number of anilines is 2. The molecular weight excluding hydrogens is 1040 g/mol. The maximum Gasteiger partial charge on any atom is 0.305 e. The van der Waals surface area contributed by atoms with Crippen molar-refractivity contribution in [3.8, 4) is 35.2 Å². The topological polar surface area (TPSA) is 174 Å². The first kappa shape index (κ1) is 64.1. The van der Waals surface area contributed by atoms with Crippen LogP contribution >= 0.6 is 14.7 Å². The Kier molecular flexibility index (Phi) is 26.9. The third-order valence-electron chi connectivity index (χ3n) is 13.0. The second-order valence-corrected chi connectivity index (χ2v) is 23.8. The minimum Gasteiger partial charge on any atom is -0.491 e. The quantitative estimate of drug-likeness (QED) is 0.0248. The van der Waals surface area contributed by atoms with Gasteiger partial charge in [-0.05, 0) is 129 Å². The molecule has 1 aliphatic rings. The van der Waals surface area contributed by atoms with Gasteiger partial charge in [0.05, 0.1) is 62.4 Å². The Hall–Kier alpha value is -5.74. The molecule has 5 rings (SSSR count). The molecule has 79 heavy (non-hydrogen) atoms. The molecule has 0 amide bonds. The summed E-state index contributed by atoms with van der Waals surface area (Å²) in [4.78, 5) is 42.8. The number of hydrogen-bond donors (Lipinski definition) is 1. The second kappa shape index (κ2) is 33.1. The summed E-state index contributed by atoms with van der Waals surface area (Å²) in [5.41, 5.74) is 6.96. The van der Waals surface area contributed by atoms with E-state index in [1.165, 1.54) is 0 Å². The lowest BCUT2D eigenvalue weighted by atomic mass is 10.1. The van der Waals surface area contributed by atoms with E-state index in [1.807, 2.05) is 62.4 Å². The summed E-state index contributed by atoms with van der Waals surface area (Å²) >= 11 is 0. The van der Waals surface area contributed by atoms with Crippen LogP contribution in [0.25, 0.3) is 0 Å². The van der Waals surface area contributed by atoms with Crippen LogP contribution in [0.3, 0.4) is 0 Å². The molecule has 2 unspecified atom stereocenters. The molecule has 19 heteroatoms. The number of benzene rings is 2. The molecule has 2 aromatic heterocycles. The number of nitrogens with zero attached hydrogens (tertiary/aromatic N) is 6. The number of pyridine rings is 2. The maximum absolute atomic E-state index is 14.0. The molecule has 1 fully saturated rings. The Balaban J connectivity index is 1.38. The van der Waals surface area contributed by atoms with Gasteiger partial charge in [0.15, 0.2) is 0 Å². The number of esters is 2. The van der Waals surface area contributed by atoms with Gasteiger partial charge in [-0.25, -0.2) is 9.97 Å². The summed E-state index contributed by atoms with van der Waals surface area (Å²) in [5.74, 6) is 14.4. The SMILES string of the molecule is CCOC(=O)CCCOc1ccc(C#Cc2cc(CN3CCNCCN(Cc4cc(C#Cc5ccc(OCCCC(=O)OCC)c(N(CC)CC)c5)cc(P(C)(=O)OCC)n4)CC3)nc(P(C)(=O)OCC)c2)cc1N(CC)CC. The number of nitrogens with one attached hydrogen (secondary N) is 1. The lowest BCUT2D eigenvalue weighted by molar-refractivity contribution is -0.144. The fourth-order valence-corrected chi connectivity index (χ4v) is 11.6. The summed E-state index contributed by atoms with van der Waals surface area (Å²) in [5, 5.41) is 3.60. The van der Waals surface area contributed by atoms with E-state index < -0.39 is 14.7 Å². The average molecular weight is 1130 g/mol. The normalized spacial score (nSPS) is 14.6. The first-order valence-electron chi connectivity index (χ1n) is 28.1. The lowest BCUT2D eigenvalue weighted by Crippen LogP contribution is -2.36. The molecule has 0 saturated carbocycles. The van der Waals surface area contributed by atoms with E-state index in [4.69, 9.17) is 38.0 Å². The highest BCUT2D eigenvalue weighted by atomic mass is 31.2. The number of aromatic nitrogens is 2. The fraction of sp³-hybridized carbons (Fsp3) is 0.533. The molecule has 4 aromatic rings. The van der Waals surface area contributed by atoms with Gasteiger partial charge < -0.3 is 43.1 Å². The van der Waals surface area contributed by atoms with Crippen LogP contribution in [0, 0.1) is 23.7 Å². The molecule has 430 valence electrons. The van der Waals surface area contributed by atoms with E-state index in [2.05, 4.69) is 76.3 Å². The van der Waals surface area contributed by atoms with E-state index in [-0.39, 0.29) is 25.2 Å². The van der Waals surface area contributed by atoms with Crippen molar-refractivity contribution in [1.29, 1.82) is 0 Å². The summed E-state index contributed by atoms with van der Waals surface area (Å²) in [6.07, 6.45) is 1.67. The lowest BCUT2D eigenvalue weighted by Gasteiger charge is -2.26. The van der Waals surface area contributed by atoms with Crippen LogP contribution in [0.15, 0.2) is 60.7 Å². The van der Waals surface area contributed by atoms with Crippen molar-refractivity contribution in [2.45, 2.75) is 94.2 Å². The number of carbonyl (C=O) groups is 2. The molecule has 0 bridgehead atoms. The first-order chi connectivity index (χ1) is 38.1. The smallest absolute Gasteiger partial charge is 0.305 e. The van der Waals surface area contributed by atoms with Crippen molar-refractivity contribution in [3.05, 3.63) is 94.3 Å². The molecule has 17 nitrogen and oxygen atoms in total. The average Bonchev–Trinajstić information content (AvgIpc) is 3.55. The predicted molar refractivity (Wildman–Crippen MR) is 316 cm³/mol. The Morgan fingerprint density at radius 1 is 0.544 bits per heavy atom. The van der Waals surface area contributed by atoms with Crippen LogP contribution in [0.1, 0.15) is 115 Å². The molecule has 2 atom stereocenters. The minimum absolute atomic E-state index is 0.233. The third kappa shape index (κ3) is 20.7. The summed E-state index contributed by atoms with van der Waals surface area (Å²) in [6, 6.07) is 19.2. The van der Waals surface area contributed by atoms with Gasteiger partial charge >= 0.3 is 11.9 Å². The molecule has 0 radical (unpaired) electrons. The van der Waals surface area contributed by atoms with Crippen molar-refractivity contribution in [1.82, 2.24) is 25.1 Å². The van der Waals surface area contributed by atoms with Gasteiger partial charge in [-0.1, -0.05) is 23.7 Å². The van der Waals surface area contributed by atoms with Crippen molar-refractivity contribution in [2.24, 2.45) is 0 Å². The van der Waals surface area contributed by atoms with E-state index in [9.17, 15) is 18.7 Å². The zero-order chi connectivity index (χ0) is 57.2. The molecule has 2 aromatic carbocycles. The molecule has 3 heterocycles. The standard InChI is InChI=1S/C60H85N7O10P2/c1-11-66(12-2)53-41-47(27-29-55(53)74-37-19-21-59(68)72-15-5)23-25-49-39-51(62-57(43-49)78(9,70)76-17-7)45-64-33-31-61-32-34-65(36-35-64)46-52-40-50(44-58(63-52)79(10,71)77-18-8)26-24-48-28-30-56(54(42-48)67(13-3)14-4)75-38-20-22-60(69)73-16-6/h27-30,39-44,61H,11-22,31-38,45-46H2,1-10H3. The second-order valence-electron chi connectivity index (χ2n) is 19.0. The summed E-state index contributed by atoms with van der Waals surface area (Å²) in [7, 11) is -6.56. The zero-order valence-corrected chi connectivity index (χ0v) is 50.3. The highest BCUT2D eigenvalue weighted by Crippen LogP contribution is 2.41.